The van der Waals surface area contributed by atoms with Crippen LogP contribution >= 0.6 is 11.6 Å². The molecule has 0 saturated carbocycles. The van der Waals surface area contributed by atoms with Gasteiger partial charge in [-0.3, -0.25) is 0 Å². The molecule has 1 heterocycles. The van der Waals surface area contributed by atoms with E-state index in [1.807, 2.05) is 0 Å². The molecular weight excluding hydrogens is 309 g/mol. The quantitative estimate of drug-likeness (QED) is 0.787. The summed E-state index contributed by atoms with van der Waals surface area (Å²) in [7, 11) is 2.94. The van der Waals surface area contributed by atoms with Gasteiger partial charge in [-0.15, -0.1) is 11.6 Å². The van der Waals surface area contributed by atoms with Gasteiger partial charge in [0.2, 0.25) is 0 Å². The molecular formula is C13H14ClF3N2O2. The second-order valence-electron chi connectivity index (χ2n) is 4.37. The smallest absolute Gasteiger partial charge is 0.390 e. The Morgan fingerprint density at radius 2 is 1.81 bits per heavy atom. The van der Waals surface area contributed by atoms with Gasteiger partial charge < -0.3 is 14.0 Å². The van der Waals surface area contributed by atoms with Crippen LogP contribution in [0.3, 0.4) is 0 Å². The van der Waals surface area contributed by atoms with E-state index in [9.17, 15) is 13.2 Å². The van der Waals surface area contributed by atoms with E-state index >= 15 is 0 Å². The van der Waals surface area contributed by atoms with E-state index in [0.29, 0.717) is 28.4 Å². The van der Waals surface area contributed by atoms with Crippen LogP contribution in [0.2, 0.25) is 0 Å². The topological polar surface area (TPSA) is 36.3 Å². The van der Waals surface area contributed by atoms with Crippen LogP contribution in [0, 0.1) is 0 Å². The number of ether oxygens (including phenoxy) is 2. The molecule has 2 aromatic rings. The van der Waals surface area contributed by atoms with Crippen molar-refractivity contribution >= 4 is 22.6 Å². The van der Waals surface area contributed by atoms with Gasteiger partial charge in [0.1, 0.15) is 5.82 Å². The summed E-state index contributed by atoms with van der Waals surface area (Å²) < 4.78 is 49.1. The van der Waals surface area contributed by atoms with Crippen LogP contribution in [0.1, 0.15) is 12.2 Å². The normalized spacial score (nSPS) is 11.9. The number of halogens is 4. The Balaban J connectivity index is 2.51. The van der Waals surface area contributed by atoms with Gasteiger partial charge in [-0.2, -0.15) is 13.2 Å². The Labute approximate surface area is 124 Å². The summed E-state index contributed by atoms with van der Waals surface area (Å²) in [5.41, 5.74) is 1.05. The molecule has 0 spiro atoms. The number of benzene rings is 1. The van der Waals surface area contributed by atoms with Crippen molar-refractivity contribution in [2.75, 3.05) is 14.2 Å². The van der Waals surface area contributed by atoms with Crippen LogP contribution in [0.5, 0.6) is 11.5 Å². The molecule has 0 amide bonds. The lowest BCUT2D eigenvalue weighted by molar-refractivity contribution is -0.136. The Kier molecular flexibility index (Phi) is 4.51. The maximum absolute atomic E-state index is 12.4. The molecule has 0 aliphatic rings. The molecule has 0 bridgehead atoms. The maximum Gasteiger partial charge on any atom is 0.390 e. The van der Waals surface area contributed by atoms with Gasteiger partial charge in [-0.25, -0.2) is 4.98 Å². The fraction of sp³-hybridized carbons (Fsp3) is 0.462. The van der Waals surface area contributed by atoms with Crippen LogP contribution in [0.25, 0.3) is 11.0 Å². The molecule has 0 aliphatic heterocycles. The summed E-state index contributed by atoms with van der Waals surface area (Å²) in [5.74, 6) is 1.30. The van der Waals surface area contributed by atoms with Crippen molar-refractivity contribution < 1.29 is 22.6 Å². The SMILES string of the molecule is COc1cc2nc(CCl)n(CCC(F)(F)F)c2cc1OC. The Morgan fingerprint density at radius 1 is 1.19 bits per heavy atom. The largest absolute Gasteiger partial charge is 0.493 e. The molecule has 0 atom stereocenters. The van der Waals surface area contributed by atoms with Crippen molar-refractivity contribution in [3.63, 3.8) is 0 Å². The first kappa shape index (κ1) is 15.8. The van der Waals surface area contributed by atoms with E-state index in [4.69, 9.17) is 21.1 Å². The summed E-state index contributed by atoms with van der Waals surface area (Å²) in [6.07, 6.45) is -5.19. The summed E-state index contributed by atoms with van der Waals surface area (Å²) in [5, 5.41) is 0. The fourth-order valence-electron chi connectivity index (χ4n) is 2.09. The van der Waals surface area contributed by atoms with Gasteiger partial charge in [0.05, 0.1) is 37.6 Å². The fourth-order valence-corrected chi connectivity index (χ4v) is 2.30. The highest BCUT2D eigenvalue weighted by molar-refractivity contribution is 6.16. The maximum atomic E-state index is 12.4. The van der Waals surface area contributed by atoms with Crippen LogP contribution < -0.4 is 9.47 Å². The average molecular weight is 323 g/mol. The third-order valence-electron chi connectivity index (χ3n) is 3.07. The lowest BCUT2D eigenvalue weighted by Crippen LogP contribution is -2.13. The van der Waals surface area contributed by atoms with Crippen LogP contribution in [0.4, 0.5) is 13.2 Å². The number of methoxy groups -OCH3 is 2. The van der Waals surface area contributed by atoms with Crippen LogP contribution in [0.15, 0.2) is 12.1 Å². The van der Waals surface area contributed by atoms with E-state index in [-0.39, 0.29) is 12.4 Å². The van der Waals surface area contributed by atoms with Crippen LogP contribution in [-0.4, -0.2) is 29.9 Å². The van der Waals surface area contributed by atoms with Gasteiger partial charge in [-0.1, -0.05) is 0 Å². The van der Waals surface area contributed by atoms with Crippen molar-refractivity contribution in [3.05, 3.63) is 18.0 Å². The minimum absolute atomic E-state index is 0.0250. The number of alkyl halides is 4. The molecule has 0 radical (unpaired) electrons. The number of imidazole rings is 1. The van der Waals surface area contributed by atoms with E-state index in [1.54, 1.807) is 12.1 Å². The predicted octanol–water partition coefficient (Wildman–Crippen LogP) is 3.74. The minimum atomic E-state index is -4.24. The molecule has 4 nitrogen and oxygen atoms in total. The molecule has 2 rings (SSSR count). The lowest BCUT2D eigenvalue weighted by atomic mass is 10.2. The predicted molar refractivity (Wildman–Crippen MR) is 73.1 cm³/mol. The molecule has 0 fully saturated rings. The molecule has 8 heteroatoms. The first-order valence-electron chi connectivity index (χ1n) is 6.13. The highest BCUT2D eigenvalue weighted by Gasteiger charge is 2.27. The molecule has 116 valence electrons. The van der Waals surface area contributed by atoms with Crippen molar-refractivity contribution in [2.24, 2.45) is 0 Å². The molecule has 21 heavy (non-hydrogen) atoms. The zero-order valence-corrected chi connectivity index (χ0v) is 12.3. The highest BCUT2D eigenvalue weighted by Crippen LogP contribution is 2.33. The van der Waals surface area contributed by atoms with E-state index in [0.717, 1.165) is 0 Å². The standard InChI is InChI=1S/C13H14ClF3N2O2/c1-20-10-5-8-9(6-11(10)21-2)19(12(7-14)18-8)4-3-13(15,16)17/h5-6H,3-4,7H2,1-2H3. The van der Waals surface area contributed by atoms with Gasteiger partial charge in [0, 0.05) is 18.7 Å². The number of aryl methyl sites for hydroxylation is 1. The van der Waals surface area contributed by atoms with Gasteiger partial charge in [0.25, 0.3) is 0 Å². The van der Waals surface area contributed by atoms with Gasteiger partial charge in [0.15, 0.2) is 11.5 Å². The van der Waals surface area contributed by atoms with Crippen molar-refractivity contribution in [2.45, 2.75) is 25.0 Å². The van der Waals surface area contributed by atoms with E-state index in [1.165, 1.54) is 18.8 Å². The first-order valence-corrected chi connectivity index (χ1v) is 6.67. The second-order valence-corrected chi connectivity index (χ2v) is 4.64. The number of fused-ring (bicyclic) bond motifs is 1. The zero-order chi connectivity index (χ0) is 15.6. The van der Waals surface area contributed by atoms with Gasteiger partial charge >= 0.3 is 6.18 Å². The number of hydrogen-bond donors (Lipinski definition) is 0. The van der Waals surface area contributed by atoms with Crippen molar-refractivity contribution in [3.8, 4) is 11.5 Å². The third-order valence-corrected chi connectivity index (χ3v) is 3.31. The number of hydrogen-bond acceptors (Lipinski definition) is 3. The van der Waals surface area contributed by atoms with Crippen molar-refractivity contribution in [1.29, 1.82) is 0 Å². The number of aromatic nitrogens is 2. The third kappa shape index (κ3) is 3.34. The zero-order valence-electron chi connectivity index (χ0n) is 11.5. The van der Waals surface area contributed by atoms with Crippen molar-refractivity contribution in [1.82, 2.24) is 9.55 Å². The monoisotopic (exact) mass is 322 g/mol. The Hall–Kier alpha value is -1.63. The van der Waals surface area contributed by atoms with Gasteiger partial charge in [-0.05, 0) is 0 Å². The van der Waals surface area contributed by atoms with E-state index in [2.05, 4.69) is 4.98 Å². The molecule has 0 unspecified atom stereocenters. The lowest BCUT2D eigenvalue weighted by Gasteiger charge is -2.11. The summed E-state index contributed by atoms with van der Waals surface area (Å²) >= 11 is 5.77. The minimum Gasteiger partial charge on any atom is -0.493 e. The number of rotatable bonds is 5. The molecule has 0 N–H and O–H groups in total. The second kappa shape index (κ2) is 6.01. The van der Waals surface area contributed by atoms with Crippen LogP contribution in [-0.2, 0) is 12.4 Å². The first-order chi connectivity index (χ1) is 9.89. The molecule has 1 aromatic heterocycles. The molecule has 1 aromatic carbocycles. The molecule has 0 saturated heterocycles. The Bertz CT molecular complexity index is 640. The molecule has 0 aliphatic carbocycles. The summed E-state index contributed by atoms with van der Waals surface area (Å²) in [6, 6.07) is 3.22. The summed E-state index contributed by atoms with van der Waals surface area (Å²) in [6.45, 7) is -0.239. The average Bonchev–Trinajstić information content (AvgIpc) is 2.79. The Morgan fingerprint density at radius 3 is 2.33 bits per heavy atom. The highest BCUT2D eigenvalue weighted by atomic mass is 35.5. The van der Waals surface area contributed by atoms with E-state index < -0.39 is 12.6 Å². The number of nitrogens with zero attached hydrogens (tertiary/aromatic N) is 2. The summed E-state index contributed by atoms with van der Waals surface area (Å²) in [4.78, 5) is 4.24.